The first-order chi connectivity index (χ1) is 12.5. The summed E-state index contributed by atoms with van der Waals surface area (Å²) in [5.41, 5.74) is 6.28. The summed E-state index contributed by atoms with van der Waals surface area (Å²) in [7, 11) is 1.42. The molecule has 3 rings (SSSR count). The molecule has 0 aliphatic heterocycles. The van der Waals surface area contributed by atoms with E-state index >= 15 is 0 Å². The number of halogens is 1. The van der Waals surface area contributed by atoms with Crippen LogP contribution in [0.5, 0.6) is 5.75 Å². The Morgan fingerprint density at radius 3 is 2.58 bits per heavy atom. The normalized spacial score (nSPS) is 19.8. The zero-order valence-corrected chi connectivity index (χ0v) is 15.1. The molecule has 1 aliphatic carbocycles. The van der Waals surface area contributed by atoms with E-state index in [0.717, 1.165) is 12.5 Å². The Kier molecular flexibility index (Phi) is 5.70. The molecule has 0 radical (unpaired) electrons. The van der Waals surface area contributed by atoms with Gasteiger partial charge in [0.25, 0.3) is 0 Å². The first-order valence-electron chi connectivity index (χ1n) is 8.89. The molecule has 0 spiro atoms. The zero-order chi connectivity index (χ0) is 18.5. The van der Waals surface area contributed by atoms with Crippen molar-refractivity contribution in [2.75, 3.05) is 30.0 Å². The summed E-state index contributed by atoms with van der Waals surface area (Å²) in [5.74, 6) is 1.95. The van der Waals surface area contributed by atoms with Gasteiger partial charge in [-0.2, -0.15) is 15.0 Å². The molecule has 1 heterocycles. The van der Waals surface area contributed by atoms with Crippen molar-refractivity contribution >= 4 is 23.5 Å². The summed E-state index contributed by atoms with van der Waals surface area (Å²) in [4.78, 5) is 12.5. The van der Waals surface area contributed by atoms with Crippen molar-refractivity contribution in [2.45, 2.75) is 32.6 Å². The molecule has 2 aromatic rings. The molecular formula is C18H25FN6O. The Balaban J connectivity index is 1.64. The van der Waals surface area contributed by atoms with Gasteiger partial charge in [-0.05, 0) is 36.8 Å². The van der Waals surface area contributed by atoms with Crippen molar-refractivity contribution in [1.29, 1.82) is 0 Å². The number of benzene rings is 1. The first-order valence-corrected chi connectivity index (χ1v) is 8.89. The van der Waals surface area contributed by atoms with Crippen LogP contribution < -0.4 is 21.1 Å². The lowest BCUT2D eigenvalue weighted by molar-refractivity contribution is 0.300. The highest BCUT2D eigenvalue weighted by atomic mass is 19.1. The smallest absolute Gasteiger partial charge is 0.233 e. The third kappa shape index (κ3) is 4.71. The number of rotatable bonds is 6. The monoisotopic (exact) mass is 360 g/mol. The van der Waals surface area contributed by atoms with E-state index in [1.807, 2.05) is 0 Å². The Morgan fingerprint density at radius 1 is 1.15 bits per heavy atom. The number of methoxy groups -OCH3 is 1. The van der Waals surface area contributed by atoms with Crippen LogP contribution >= 0.6 is 0 Å². The summed E-state index contributed by atoms with van der Waals surface area (Å²) in [6, 6.07) is 4.53. The molecule has 1 saturated carbocycles. The van der Waals surface area contributed by atoms with E-state index in [-0.39, 0.29) is 17.6 Å². The largest absolute Gasteiger partial charge is 0.494 e. The minimum absolute atomic E-state index is 0.108. The molecule has 1 aromatic heterocycles. The van der Waals surface area contributed by atoms with Crippen molar-refractivity contribution in [2.24, 2.45) is 11.8 Å². The second-order valence-corrected chi connectivity index (χ2v) is 6.82. The topological polar surface area (TPSA) is 98.0 Å². The summed E-state index contributed by atoms with van der Waals surface area (Å²) in [6.45, 7) is 3.11. The van der Waals surface area contributed by atoms with Crippen molar-refractivity contribution in [3.8, 4) is 5.75 Å². The summed E-state index contributed by atoms with van der Waals surface area (Å²) in [6.07, 6.45) is 4.96. The van der Waals surface area contributed by atoms with E-state index in [4.69, 9.17) is 10.5 Å². The van der Waals surface area contributed by atoms with Crippen LogP contribution in [-0.4, -0.2) is 28.6 Å². The van der Waals surface area contributed by atoms with Crippen LogP contribution in [0.2, 0.25) is 0 Å². The molecular weight excluding hydrogens is 335 g/mol. The summed E-state index contributed by atoms with van der Waals surface area (Å²) >= 11 is 0. The molecule has 4 N–H and O–H groups in total. The van der Waals surface area contributed by atoms with Crippen LogP contribution in [0.4, 0.5) is 27.9 Å². The third-order valence-electron chi connectivity index (χ3n) is 4.74. The predicted molar refractivity (Wildman–Crippen MR) is 100 cm³/mol. The molecule has 0 unspecified atom stereocenters. The molecule has 7 nitrogen and oxygen atoms in total. The highest BCUT2D eigenvalue weighted by Gasteiger charge is 2.18. The van der Waals surface area contributed by atoms with Gasteiger partial charge in [-0.3, -0.25) is 0 Å². The molecule has 0 saturated heterocycles. The highest BCUT2D eigenvalue weighted by Crippen LogP contribution is 2.28. The predicted octanol–water partition coefficient (Wildman–Crippen LogP) is 3.58. The van der Waals surface area contributed by atoms with Crippen LogP contribution in [0.1, 0.15) is 32.6 Å². The number of anilines is 4. The fraction of sp³-hybridized carbons (Fsp3) is 0.500. The lowest BCUT2D eigenvalue weighted by Crippen LogP contribution is -2.21. The minimum atomic E-state index is -0.468. The van der Waals surface area contributed by atoms with E-state index in [1.54, 1.807) is 6.07 Å². The average molecular weight is 360 g/mol. The molecule has 1 aliphatic rings. The number of aromatic nitrogens is 3. The number of nitrogens with one attached hydrogen (secondary N) is 2. The number of nitrogens with zero attached hydrogens (tertiary/aromatic N) is 3. The Morgan fingerprint density at radius 2 is 1.88 bits per heavy atom. The molecule has 1 aromatic carbocycles. The maximum Gasteiger partial charge on any atom is 0.233 e. The number of ether oxygens (including phenoxy) is 1. The third-order valence-corrected chi connectivity index (χ3v) is 4.74. The van der Waals surface area contributed by atoms with Gasteiger partial charge >= 0.3 is 0 Å². The van der Waals surface area contributed by atoms with Gasteiger partial charge in [0.15, 0.2) is 11.6 Å². The van der Waals surface area contributed by atoms with E-state index in [2.05, 4.69) is 32.5 Å². The maximum atomic E-state index is 13.8. The van der Waals surface area contributed by atoms with E-state index in [1.165, 1.54) is 44.9 Å². The molecule has 0 amide bonds. The van der Waals surface area contributed by atoms with Gasteiger partial charge < -0.3 is 21.1 Å². The van der Waals surface area contributed by atoms with Gasteiger partial charge in [0.05, 0.1) is 7.11 Å². The highest BCUT2D eigenvalue weighted by molar-refractivity contribution is 5.56. The Bertz CT molecular complexity index is 748. The van der Waals surface area contributed by atoms with Crippen molar-refractivity contribution < 1.29 is 9.13 Å². The summed E-state index contributed by atoms with van der Waals surface area (Å²) < 4.78 is 18.7. The van der Waals surface area contributed by atoms with Crippen molar-refractivity contribution in [1.82, 2.24) is 15.0 Å². The fourth-order valence-corrected chi connectivity index (χ4v) is 3.17. The van der Waals surface area contributed by atoms with Gasteiger partial charge in [0.1, 0.15) is 0 Å². The lowest BCUT2D eigenvalue weighted by Gasteiger charge is -2.26. The van der Waals surface area contributed by atoms with E-state index in [9.17, 15) is 4.39 Å². The zero-order valence-electron chi connectivity index (χ0n) is 15.1. The van der Waals surface area contributed by atoms with Crippen LogP contribution in [0.15, 0.2) is 18.2 Å². The lowest BCUT2D eigenvalue weighted by atomic mass is 9.83. The first kappa shape index (κ1) is 18.2. The fourth-order valence-electron chi connectivity index (χ4n) is 3.17. The molecule has 1 fully saturated rings. The van der Waals surface area contributed by atoms with Crippen LogP contribution in [0, 0.1) is 17.7 Å². The minimum Gasteiger partial charge on any atom is -0.494 e. The molecule has 26 heavy (non-hydrogen) atoms. The van der Waals surface area contributed by atoms with E-state index in [0.29, 0.717) is 17.6 Å². The maximum absolute atomic E-state index is 13.8. The number of nitrogen functional groups attached to an aromatic ring is 1. The van der Waals surface area contributed by atoms with Gasteiger partial charge in [-0.15, -0.1) is 0 Å². The van der Waals surface area contributed by atoms with Crippen molar-refractivity contribution in [3.05, 3.63) is 24.0 Å². The average Bonchev–Trinajstić information content (AvgIpc) is 2.61. The van der Waals surface area contributed by atoms with Gasteiger partial charge in [0, 0.05) is 18.3 Å². The quantitative estimate of drug-likeness (QED) is 0.724. The molecule has 0 atom stereocenters. The molecule has 140 valence electrons. The van der Waals surface area contributed by atoms with E-state index < -0.39 is 5.82 Å². The van der Waals surface area contributed by atoms with Gasteiger partial charge in [-0.1, -0.05) is 19.8 Å². The van der Waals surface area contributed by atoms with Crippen LogP contribution in [-0.2, 0) is 0 Å². The second-order valence-electron chi connectivity index (χ2n) is 6.82. The van der Waals surface area contributed by atoms with Crippen LogP contribution in [0.3, 0.4) is 0 Å². The second kappa shape index (κ2) is 8.16. The van der Waals surface area contributed by atoms with Crippen LogP contribution in [0.25, 0.3) is 0 Å². The van der Waals surface area contributed by atoms with Gasteiger partial charge in [-0.25, -0.2) is 4.39 Å². The summed E-state index contributed by atoms with van der Waals surface area (Å²) in [5, 5.41) is 6.19. The number of hydrogen-bond acceptors (Lipinski definition) is 7. The SMILES string of the molecule is COc1ccc(Nc2nc(N)nc(NCC3CCC(C)CC3)n2)cc1F. The molecule has 8 heteroatoms. The van der Waals surface area contributed by atoms with Crippen molar-refractivity contribution in [3.63, 3.8) is 0 Å². The molecule has 0 bridgehead atoms. The standard InChI is InChI=1S/C18H25FN6O/c1-11-3-5-12(6-4-11)10-21-17-23-16(20)24-18(25-17)22-13-7-8-15(26-2)14(19)9-13/h7-9,11-12H,3-6,10H2,1-2H3,(H4,20,21,22,23,24,25). The number of nitrogens with two attached hydrogens (primary N) is 1. The Hall–Kier alpha value is -2.64. The number of hydrogen-bond donors (Lipinski definition) is 3. The Labute approximate surface area is 152 Å². The van der Waals surface area contributed by atoms with Gasteiger partial charge in [0.2, 0.25) is 17.8 Å².